The number of nitrogens with one attached hydrogen (secondary N) is 3. The highest BCUT2D eigenvalue weighted by atomic mass is 32.1. The van der Waals surface area contributed by atoms with Gasteiger partial charge in [0.25, 0.3) is 0 Å². The van der Waals surface area contributed by atoms with Gasteiger partial charge in [-0.15, -0.1) is 10.2 Å². The quantitative estimate of drug-likeness (QED) is 0.434. The van der Waals surface area contributed by atoms with Crippen LogP contribution in [0.3, 0.4) is 0 Å². The van der Waals surface area contributed by atoms with Gasteiger partial charge >= 0.3 is 12.2 Å². The van der Waals surface area contributed by atoms with Crippen LogP contribution < -0.4 is 20.7 Å². The molecular weight excluding hydrogens is 437 g/mol. The highest BCUT2D eigenvalue weighted by molar-refractivity contribution is 7.15. The van der Waals surface area contributed by atoms with E-state index in [1.54, 1.807) is 49.8 Å². The third-order valence-electron chi connectivity index (χ3n) is 3.62. The molecule has 13 heteroatoms. The van der Waals surface area contributed by atoms with Crippen LogP contribution in [-0.2, 0) is 10.9 Å². The van der Waals surface area contributed by atoms with Crippen LogP contribution >= 0.6 is 11.3 Å². The maximum atomic E-state index is 12.6. The SMILES string of the molecule is COCCOc1ccc(NC(=O)Nc2nnc(C(F)(F)F)s2)c(Nc2cccnc2)c1. The molecule has 0 saturated carbocycles. The number of amides is 2. The van der Waals surface area contributed by atoms with Gasteiger partial charge in [0.1, 0.15) is 12.4 Å². The normalized spacial score (nSPS) is 11.1. The fraction of sp³-hybridized carbons (Fsp3) is 0.222. The Morgan fingerprint density at radius 3 is 2.65 bits per heavy atom. The minimum Gasteiger partial charge on any atom is -0.491 e. The van der Waals surface area contributed by atoms with Gasteiger partial charge in [0.2, 0.25) is 10.1 Å². The molecule has 0 aliphatic carbocycles. The summed E-state index contributed by atoms with van der Waals surface area (Å²) in [6.07, 6.45) is -1.44. The highest BCUT2D eigenvalue weighted by Crippen LogP contribution is 2.33. The summed E-state index contributed by atoms with van der Waals surface area (Å²) in [4.78, 5) is 16.3. The van der Waals surface area contributed by atoms with Gasteiger partial charge in [-0.25, -0.2) is 4.79 Å². The standard InChI is InChI=1S/C18H17F3N6O3S/c1-29-7-8-30-12-4-5-13(14(9-12)23-11-3-2-6-22-10-11)24-16(28)25-17-27-26-15(31-17)18(19,20)21/h2-6,9-10,23H,7-8H2,1H3,(H2,24,25,27,28). The second-order valence-corrected chi connectivity index (χ2v) is 6.88. The van der Waals surface area contributed by atoms with Gasteiger partial charge in [-0.3, -0.25) is 10.3 Å². The average Bonchev–Trinajstić information content (AvgIpc) is 3.20. The molecule has 0 aliphatic heterocycles. The van der Waals surface area contributed by atoms with Crippen LogP contribution in [0.15, 0.2) is 42.7 Å². The molecule has 2 amide bonds. The number of benzene rings is 1. The number of rotatable bonds is 8. The van der Waals surface area contributed by atoms with Crippen LogP contribution in [-0.4, -0.2) is 41.5 Å². The smallest absolute Gasteiger partial charge is 0.445 e. The molecule has 0 unspecified atom stereocenters. The number of ether oxygens (including phenoxy) is 2. The number of alkyl halides is 3. The molecule has 0 fully saturated rings. The van der Waals surface area contributed by atoms with Crippen molar-refractivity contribution in [2.45, 2.75) is 6.18 Å². The molecule has 0 radical (unpaired) electrons. The molecule has 3 aromatic rings. The monoisotopic (exact) mass is 454 g/mol. The highest BCUT2D eigenvalue weighted by Gasteiger charge is 2.35. The van der Waals surface area contributed by atoms with Gasteiger partial charge in [0.05, 0.1) is 29.9 Å². The number of methoxy groups -OCH3 is 1. The van der Waals surface area contributed by atoms with E-state index in [-0.39, 0.29) is 16.5 Å². The first-order valence-electron chi connectivity index (χ1n) is 8.76. The molecule has 0 bridgehead atoms. The summed E-state index contributed by atoms with van der Waals surface area (Å²) in [5, 5.41) is 12.8. The molecule has 31 heavy (non-hydrogen) atoms. The lowest BCUT2D eigenvalue weighted by Gasteiger charge is -2.15. The van der Waals surface area contributed by atoms with E-state index < -0.39 is 17.2 Å². The van der Waals surface area contributed by atoms with E-state index in [1.807, 2.05) is 0 Å². The fourth-order valence-corrected chi connectivity index (χ4v) is 2.91. The predicted molar refractivity (Wildman–Crippen MR) is 109 cm³/mol. The van der Waals surface area contributed by atoms with E-state index in [9.17, 15) is 18.0 Å². The van der Waals surface area contributed by atoms with E-state index in [4.69, 9.17) is 9.47 Å². The van der Waals surface area contributed by atoms with Crippen LogP contribution in [0.5, 0.6) is 5.75 Å². The molecule has 2 aromatic heterocycles. The van der Waals surface area contributed by atoms with Gasteiger partial charge in [-0.1, -0.05) is 11.3 Å². The van der Waals surface area contributed by atoms with Crippen LogP contribution in [0.1, 0.15) is 5.01 Å². The zero-order chi connectivity index (χ0) is 22.3. The number of hydrogen-bond acceptors (Lipinski definition) is 8. The number of hydrogen-bond donors (Lipinski definition) is 3. The first kappa shape index (κ1) is 22.2. The molecule has 0 aliphatic rings. The average molecular weight is 454 g/mol. The second kappa shape index (κ2) is 10.0. The number of nitrogens with zero attached hydrogens (tertiary/aromatic N) is 3. The largest absolute Gasteiger partial charge is 0.491 e. The number of pyridine rings is 1. The van der Waals surface area contributed by atoms with Crippen molar-refractivity contribution in [1.82, 2.24) is 15.2 Å². The zero-order valence-electron chi connectivity index (χ0n) is 16.1. The van der Waals surface area contributed by atoms with E-state index in [0.29, 0.717) is 36.0 Å². The van der Waals surface area contributed by atoms with Crippen molar-refractivity contribution in [3.05, 3.63) is 47.7 Å². The van der Waals surface area contributed by atoms with E-state index >= 15 is 0 Å². The van der Waals surface area contributed by atoms with Crippen molar-refractivity contribution in [2.24, 2.45) is 0 Å². The number of carbonyl (C=O) groups is 1. The maximum absolute atomic E-state index is 12.6. The molecule has 1 aromatic carbocycles. The summed E-state index contributed by atoms with van der Waals surface area (Å²) < 4.78 is 48.5. The van der Waals surface area contributed by atoms with Crippen molar-refractivity contribution >= 4 is 39.6 Å². The molecule has 0 spiro atoms. The van der Waals surface area contributed by atoms with Gasteiger partial charge in [-0.2, -0.15) is 13.2 Å². The third-order valence-corrected chi connectivity index (χ3v) is 4.51. The third kappa shape index (κ3) is 6.52. The molecule has 3 N–H and O–H groups in total. The van der Waals surface area contributed by atoms with Crippen molar-refractivity contribution in [2.75, 3.05) is 36.3 Å². The molecule has 164 valence electrons. The Morgan fingerprint density at radius 2 is 1.97 bits per heavy atom. The molecule has 0 atom stereocenters. The van der Waals surface area contributed by atoms with Gasteiger partial charge < -0.3 is 20.1 Å². The minimum atomic E-state index is -4.63. The van der Waals surface area contributed by atoms with Crippen molar-refractivity contribution in [3.63, 3.8) is 0 Å². The lowest BCUT2D eigenvalue weighted by atomic mass is 10.2. The molecular formula is C18H17F3N6O3S. The maximum Gasteiger partial charge on any atom is 0.445 e. The van der Waals surface area contributed by atoms with E-state index in [2.05, 4.69) is 31.1 Å². The molecule has 3 rings (SSSR count). The lowest BCUT2D eigenvalue weighted by Crippen LogP contribution is -2.20. The molecule has 9 nitrogen and oxygen atoms in total. The summed E-state index contributed by atoms with van der Waals surface area (Å²) in [5.74, 6) is 0.522. The summed E-state index contributed by atoms with van der Waals surface area (Å²) in [6, 6.07) is 7.59. The van der Waals surface area contributed by atoms with Gasteiger partial charge in [0, 0.05) is 19.4 Å². The van der Waals surface area contributed by atoms with Gasteiger partial charge in [0.15, 0.2) is 0 Å². The van der Waals surface area contributed by atoms with E-state index in [1.165, 1.54) is 0 Å². The number of aromatic nitrogens is 3. The van der Waals surface area contributed by atoms with Crippen LogP contribution in [0.4, 0.5) is 40.2 Å². The fourth-order valence-electron chi connectivity index (χ4n) is 2.30. The number of carbonyl (C=O) groups excluding carboxylic acids is 1. The van der Waals surface area contributed by atoms with Crippen LogP contribution in [0.2, 0.25) is 0 Å². The van der Waals surface area contributed by atoms with Crippen molar-refractivity contribution in [1.29, 1.82) is 0 Å². The Balaban J connectivity index is 1.75. The van der Waals surface area contributed by atoms with Crippen molar-refractivity contribution in [3.8, 4) is 5.75 Å². The first-order valence-corrected chi connectivity index (χ1v) is 9.58. The summed E-state index contributed by atoms with van der Waals surface area (Å²) in [6.45, 7) is 0.726. The first-order chi connectivity index (χ1) is 14.8. The topological polar surface area (TPSA) is 110 Å². The predicted octanol–water partition coefficient (Wildman–Crippen LogP) is 4.36. The molecule has 0 saturated heterocycles. The number of halogens is 3. The Bertz CT molecular complexity index is 1020. The second-order valence-electron chi connectivity index (χ2n) is 5.90. The molecule has 2 heterocycles. The summed E-state index contributed by atoms with van der Waals surface area (Å²) in [5.41, 5.74) is 1.48. The Hall–Kier alpha value is -3.45. The van der Waals surface area contributed by atoms with Crippen LogP contribution in [0.25, 0.3) is 0 Å². The van der Waals surface area contributed by atoms with E-state index in [0.717, 1.165) is 0 Å². The van der Waals surface area contributed by atoms with Crippen LogP contribution in [0, 0.1) is 0 Å². The zero-order valence-corrected chi connectivity index (χ0v) is 16.9. The lowest BCUT2D eigenvalue weighted by molar-refractivity contribution is -0.138. The number of anilines is 4. The Kier molecular flexibility index (Phi) is 7.20. The van der Waals surface area contributed by atoms with Crippen molar-refractivity contribution < 1.29 is 27.4 Å². The summed E-state index contributed by atoms with van der Waals surface area (Å²) >= 11 is 0.224. The minimum absolute atomic E-state index is 0.224. The summed E-state index contributed by atoms with van der Waals surface area (Å²) in [7, 11) is 1.56. The Labute approximate surface area is 178 Å². The number of urea groups is 1. The van der Waals surface area contributed by atoms with Gasteiger partial charge in [-0.05, 0) is 24.3 Å². The Morgan fingerprint density at radius 1 is 1.13 bits per heavy atom.